The van der Waals surface area contributed by atoms with Gasteiger partial charge in [-0.25, -0.2) is 4.98 Å². The molecule has 144 valence electrons. The van der Waals surface area contributed by atoms with Gasteiger partial charge in [-0.2, -0.15) is 0 Å². The van der Waals surface area contributed by atoms with E-state index in [1.54, 1.807) is 19.2 Å². The van der Waals surface area contributed by atoms with E-state index in [-0.39, 0.29) is 5.56 Å². The lowest BCUT2D eigenvalue weighted by Crippen LogP contribution is -2.14. The van der Waals surface area contributed by atoms with Gasteiger partial charge in [0.15, 0.2) is 0 Å². The van der Waals surface area contributed by atoms with Crippen LogP contribution in [0, 0.1) is 0 Å². The van der Waals surface area contributed by atoms with Crippen molar-refractivity contribution in [3.05, 3.63) is 57.4 Å². The first kappa shape index (κ1) is 18.3. The highest BCUT2D eigenvalue weighted by Crippen LogP contribution is 2.31. The lowest BCUT2D eigenvalue weighted by molar-refractivity contribution is 0.397. The minimum Gasteiger partial charge on any atom is -0.497 e. The number of aromatic nitrogens is 2. The number of benzene rings is 2. The summed E-state index contributed by atoms with van der Waals surface area (Å²) < 4.78 is 10.7. The van der Waals surface area contributed by atoms with Crippen molar-refractivity contribution in [3.8, 4) is 22.9 Å². The molecule has 0 amide bonds. The number of nitrogens with zero attached hydrogens (tertiary/aromatic N) is 2. The molecule has 4 rings (SSSR count). The molecule has 6 nitrogen and oxygen atoms in total. The summed E-state index contributed by atoms with van der Waals surface area (Å²) in [6.45, 7) is 0.939. The minimum atomic E-state index is -0.233. The van der Waals surface area contributed by atoms with Gasteiger partial charge in [0.1, 0.15) is 22.7 Å². The van der Waals surface area contributed by atoms with E-state index >= 15 is 0 Å². The predicted octanol–water partition coefficient (Wildman–Crippen LogP) is 3.11. The molecule has 0 bridgehead atoms. The molecule has 6 heteroatoms. The maximum Gasteiger partial charge on any atom is 0.262 e. The number of likely N-dealkylation sites (N-methyl/N-ethyl adjacent to an activating group) is 1. The Balaban J connectivity index is 1.80. The quantitative estimate of drug-likeness (QED) is 0.740. The highest BCUT2D eigenvalue weighted by atomic mass is 16.5. The number of ether oxygens (including phenoxy) is 2. The van der Waals surface area contributed by atoms with Crippen molar-refractivity contribution in [1.82, 2.24) is 14.9 Å². The van der Waals surface area contributed by atoms with Gasteiger partial charge in [-0.1, -0.05) is 23.8 Å². The molecule has 0 unspecified atom stereocenters. The van der Waals surface area contributed by atoms with Gasteiger partial charge in [-0.3, -0.25) is 4.79 Å². The molecule has 0 saturated carbocycles. The number of fused-ring (bicyclic) bond motifs is 2. The van der Waals surface area contributed by atoms with Crippen LogP contribution < -0.4 is 15.0 Å². The Labute approximate surface area is 163 Å². The second-order valence-electron chi connectivity index (χ2n) is 7.27. The van der Waals surface area contributed by atoms with Crippen LogP contribution in [0.1, 0.15) is 11.1 Å². The topological polar surface area (TPSA) is 67.5 Å². The first-order chi connectivity index (χ1) is 13.5. The number of nitrogens with one attached hydrogen (secondary N) is 1. The van der Waals surface area contributed by atoms with Crippen molar-refractivity contribution in [1.29, 1.82) is 0 Å². The number of hydrogen-bond acceptors (Lipinski definition) is 5. The van der Waals surface area contributed by atoms with Gasteiger partial charge in [0.05, 0.1) is 19.7 Å². The lowest BCUT2D eigenvalue weighted by Gasteiger charge is -2.10. The molecule has 2 aromatic carbocycles. The van der Waals surface area contributed by atoms with Crippen molar-refractivity contribution in [2.24, 2.45) is 0 Å². The molecular formula is C22H23N3O3. The summed E-state index contributed by atoms with van der Waals surface area (Å²) in [5.41, 5.74) is 5.05. The van der Waals surface area contributed by atoms with E-state index in [1.807, 2.05) is 6.07 Å². The second-order valence-corrected chi connectivity index (χ2v) is 7.27. The summed E-state index contributed by atoms with van der Waals surface area (Å²) in [6.07, 6.45) is 3.19. The summed E-state index contributed by atoms with van der Waals surface area (Å²) in [7, 11) is 7.25. The van der Waals surface area contributed by atoms with Gasteiger partial charge < -0.3 is 19.4 Å². The van der Waals surface area contributed by atoms with Gasteiger partial charge in [-0.05, 0) is 37.7 Å². The summed E-state index contributed by atoms with van der Waals surface area (Å²) in [4.78, 5) is 22.5. The zero-order valence-corrected chi connectivity index (χ0v) is 16.5. The third-order valence-electron chi connectivity index (χ3n) is 4.92. The maximum atomic E-state index is 12.7. The van der Waals surface area contributed by atoms with Crippen molar-refractivity contribution < 1.29 is 9.47 Å². The highest BCUT2D eigenvalue weighted by molar-refractivity contribution is 5.87. The van der Waals surface area contributed by atoms with Crippen molar-refractivity contribution in [2.75, 3.05) is 34.9 Å². The summed E-state index contributed by atoms with van der Waals surface area (Å²) >= 11 is 0. The first-order valence-corrected chi connectivity index (χ1v) is 9.12. The van der Waals surface area contributed by atoms with Crippen LogP contribution in [0.3, 0.4) is 0 Å². The summed E-state index contributed by atoms with van der Waals surface area (Å²) in [5, 5.41) is 0.418. The lowest BCUT2D eigenvalue weighted by atomic mass is 10.1. The van der Waals surface area contributed by atoms with Crippen LogP contribution in [0.15, 0.2) is 40.7 Å². The summed E-state index contributed by atoms with van der Waals surface area (Å²) in [6, 6.07) is 9.64. The molecule has 1 heterocycles. The average molecular weight is 377 g/mol. The molecular weight excluding hydrogens is 354 g/mol. The monoisotopic (exact) mass is 377 g/mol. The molecule has 0 saturated heterocycles. The zero-order chi connectivity index (χ0) is 19.8. The van der Waals surface area contributed by atoms with Crippen LogP contribution in [0.2, 0.25) is 0 Å². The zero-order valence-electron chi connectivity index (χ0n) is 16.5. The molecule has 1 aliphatic carbocycles. The highest BCUT2D eigenvalue weighted by Gasteiger charge is 2.16. The third kappa shape index (κ3) is 3.27. The SMILES string of the molecule is COc1cc(OC)c2c(=O)[nH]c(-c3ccc4c(c3)C=C(CN(C)C)C4)nc2c1. The fourth-order valence-electron chi connectivity index (χ4n) is 3.69. The number of H-pyrrole nitrogens is 1. The van der Waals surface area contributed by atoms with Crippen LogP contribution >= 0.6 is 0 Å². The first-order valence-electron chi connectivity index (χ1n) is 9.12. The fourth-order valence-corrected chi connectivity index (χ4v) is 3.69. The molecule has 1 aromatic heterocycles. The third-order valence-corrected chi connectivity index (χ3v) is 4.92. The van der Waals surface area contributed by atoms with Crippen LogP contribution in [-0.4, -0.2) is 49.7 Å². The van der Waals surface area contributed by atoms with E-state index in [0.717, 1.165) is 18.5 Å². The molecule has 0 fully saturated rings. The number of aromatic amines is 1. The van der Waals surface area contributed by atoms with E-state index in [2.05, 4.69) is 47.2 Å². The molecule has 0 spiro atoms. The standard InChI is InChI=1S/C22H23N3O3/c1-25(2)12-13-7-14-5-6-15(9-16(14)8-13)21-23-18-10-17(27-3)11-19(28-4)20(18)22(26)24-21/h5-6,8-11H,7,12H2,1-4H3,(H,23,24,26). The van der Waals surface area contributed by atoms with E-state index in [0.29, 0.717) is 28.2 Å². The Bertz CT molecular complexity index is 1150. The van der Waals surface area contributed by atoms with Gasteiger partial charge >= 0.3 is 0 Å². The Hall–Kier alpha value is -3.12. The molecule has 0 atom stereocenters. The van der Waals surface area contributed by atoms with Gasteiger partial charge in [0.25, 0.3) is 5.56 Å². The van der Waals surface area contributed by atoms with Gasteiger partial charge in [0, 0.05) is 24.2 Å². The van der Waals surface area contributed by atoms with Crippen molar-refractivity contribution in [3.63, 3.8) is 0 Å². The maximum absolute atomic E-state index is 12.7. The van der Waals surface area contributed by atoms with E-state index in [9.17, 15) is 4.79 Å². The van der Waals surface area contributed by atoms with Gasteiger partial charge in [0.2, 0.25) is 0 Å². The molecule has 0 radical (unpaired) electrons. The normalized spacial score (nSPS) is 13.0. The second kappa shape index (κ2) is 7.13. The molecule has 0 aliphatic heterocycles. The van der Waals surface area contributed by atoms with E-state index in [4.69, 9.17) is 9.47 Å². The largest absolute Gasteiger partial charge is 0.497 e. The van der Waals surface area contributed by atoms with Crippen LogP contribution in [0.4, 0.5) is 0 Å². The number of rotatable bonds is 5. The number of methoxy groups -OCH3 is 2. The Morgan fingerprint density at radius 1 is 1.14 bits per heavy atom. The van der Waals surface area contributed by atoms with E-state index in [1.165, 1.54) is 23.8 Å². The molecule has 3 aromatic rings. The summed E-state index contributed by atoms with van der Waals surface area (Å²) in [5.74, 6) is 1.57. The Morgan fingerprint density at radius 2 is 1.96 bits per heavy atom. The Kier molecular flexibility index (Phi) is 4.65. The molecule has 28 heavy (non-hydrogen) atoms. The van der Waals surface area contributed by atoms with Gasteiger partial charge in [-0.15, -0.1) is 0 Å². The molecule has 1 aliphatic rings. The van der Waals surface area contributed by atoms with E-state index < -0.39 is 0 Å². The van der Waals surface area contributed by atoms with Crippen molar-refractivity contribution in [2.45, 2.75) is 6.42 Å². The predicted molar refractivity (Wildman–Crippen MR) is 111 cm³/mol. The smallest absolute Gasteiger partial charge is 0.262 e. The van der Waals surface area contributed by atoms with Crippen LogP contribution in [0.5, 0.6) is 11.5 Å². The Morgan fingerprint density at radius 3 is 2.68 bits per heavy atom. The molecule has 1 N–H and O–H groups in total. The average Bonchev–Trinajstić information content (AvgIpc) is 3.07. The van der Waals surface area contributed by atoms with Crippen LogP contribution in [0.25, 0.3) is 28.4 Å². The number of hydrogen-bond donors (Lipinski definition) is 1. The fraction of sp³-hybridized carbons (Fsp3) is 0.273. The van der Waals surface area contributed by atoms with Crippen molar-refractivity contribution >= 4 is 17.0 Å². The van der Waals surface area contributed by atoms with Crippen LogP contribution in [-0.2, 0) is 6.42 Å². The minimum absolute atomic E-state index is 0.233.